The van der Waals surface area contributed by atoms with E-state index in [0.717, 1.165) is 11.1 Å². The first-order chi connectivity index (χ1) is 12.1. The zero-order chi connectivity index (χ0) is 17.4. The van der Waals surface area contributed by atoms with E-state index in [1.165, 1.54) is 12.1 Å². The standard InChI is InChI=1S/C19H14FN3O2/c1-12-10-18(23(22-12)15-8-6-14(20)7-9-15)21-19(24)17-11-13-4-2-3-5-16(13)25-17/h2-11H,1H3,(H,21,24). The molecule has 0 spiro atoms. The van der Waals surface area contributed by atoms with Gasteiger partial charge in [-0.3, -0.25) is 4.79 Å². The third-order valence-electron chi connectivity index (χ3n) is 3.79. The van der Waals surface area contributed by atoms with Crippen LogP contribution < -0.4 is 5.32 Å². The molecule has 1 amide bonds. The van der Waals surface area contributed by atoms with Crippen molar-refractivity contribution in [2.24, 2.45) is 0 Å². The van der Waals surface area contributed by atoms with Crippen molar-refractivity contribution in [3.05, 3.63) is 77.9 Å². The molecule has 0 atom stereocenters. The number of hydrogen-bond donors (Lipinski definition) is 1. The smallest absolute Gasteiger partial charge is 0.292 e. The zero-order valence-electron chi connectivity index (χ0n) is 13.4. The van der Waals surface area contributed by atoms with Crippen molar-refractivity contribution >= 4 is 22.7 Å². The maximum absolute atomic E-state index is 13.1. The number of hydrogen-bond acceptors (Lipinski definition) is 3. The maximum Gasteiger partial charge on any atom is 0.292 e. The van der Waals surface area contributed by atoms with Crippen molar-refractivity contribution in [3.8, 4) is 5.69 Å². The lowest BCUT2D eigenvalue weighted by molar-refractivity contribution is 0.0998. The number of para-hydroxylation sites is 1. The summed E-state index contributed by atoms with van der Waals surface area (Å²) in [7, 11) is 0. The summed E-state index contributed by atoms with van der Waals surface area (Å²) < 4.78 is 20.3. The largest absolute Gasteiger partial charge is 0.451 e. The number of nitrogens with one attached hydrogen (secondary N) is 1. The molecule has 4 aromatic rings. The minimum atomic E-state index is -0.375. The number of carbonyl (C=O) groups excluding carboxylic acids is 1. The highest BCUT2D eigenvalue weighted by Gasteiger charge is 2.16. The van der Waals surface area contributed by atoms with Gasteiger partial charge in [0.25, 0.3) is 5.91 Å². The van der Waals surface area contributed by atoms with Crippen LogP contribution in [0.4, 0.5) is 10.2 Å². The van der Waals surface area contributed by atoms with Gasteiger partial charge < -0.3 is 9.73 Å². The molecule has 25 heavy (non-hydrogen) atoms. The summed E-state index contributed by atoms with van der Waals surface area (Å²) in [5.74, 6) is -0.0137. The molecule has 0 aliphatic carbocycles. The van der Waals surface area contributed by atoms with Crippen LogP contribution in [0.3, 0.4) is 0 Å². The molecule has 0 aliphatic rings. The van der Waals surface area contributed by atoms with Gasteiger partial charge in [0, 0.05) is 11.5 Å². The fourth-order valence-corrected chi connectivity index (χ4v) is 2.64. The zero-order valence-corrected chi connectivity index (χ0v) is 13.4. The highest BCUT2D eigenvalue weighted by Crippen LogP contribution is 2.22. The van der Waals surface area contributed by atoms with Crippen LogP contribution in [0.15, 0.2) is 65.1 Å². The van der Waals surface area contributed by atoms with Crippen molar-refractivity contribution < 1.29 is 13.6 Å². The van der Waals surface area contributed by atoms with Gasteiger partial charge in [0.2, 0.25) is 0 Å². The van der Waals surface area contributed by atoms with Crippen LogP contribution in [0.2, 0.25) is 0 Å². The summed E-state index contributed by atoms with van der Waals surface area (Å²) >= 11 is 0. The monoisotopic (exact) mass is 335 g/mol. The van der Waals surface area contributed by atoms with Gasteiger partial charge in [-0.1, -0.05) is 18.2 Å². The number of rotatable bonds is 3. The molecule has 6 heteroatoms. The highest BCUT2D eigenvalue weighted by atomic mass is 19.1. The second kappa shape index (κ2) is 5.90. The second-order valence-corrected chi connectivity index (χ2v) is 5.66. The average molecular weight is 335 g/mol. The molecule has 4 rings (SSSR count). The van der Waals surface area contributed by atoms with Gasteiger partial charge in [-0.25, -0.2) is 9.07 Å². The molecule has 1 N–H and O–H groups in total. The number of carbonyl (C=O) groups is 1. The molecular weight excluding hydrogens is 321 g/mol. The molecule has 0 aliphatic heterocycles. The normalized spacial score (nSPS) is 11.0. The van der Waals surface area contributed by atoms with Crippen molar-refractivity contribution in [1.82, 2.24) is 9.78 Å². The predicted molar refractivity (Wildman–Crippen MR) is 92.4 cm³/mol. The molecule has 2 aromatic heterocycles. The van der Waals surface area contributed by atoms with Crippen LogP contribution in [0.5, 0.6) is 0 Å². The molecule has 0 unspecified atom stereocenters. The summed E-state index contributed by atoms with van der Waals surface area (Å²) in [6.45, 7) is 1.82. The molecule has 0 saturated carbocycles. The SMILES string of the molecule is Cc1cc(NC(=O)c2cc3ccccc3o2)n(-c2ccc(F)cc2)n1. The third-order valence-corrected chi connectivity index (χ3v) is 3.79. The van der Waals surface area contributed by atoms with Crippen LogP contribution in [0.1, 0.15) is 16.2 Å². The van der Waals surface area contributed by atoms with Crippen molar-refractivity contribution in [3.63, 3.8) is 0 Å². The van der Waals surface area contributed by atoms with Crippen LogP contribution in [0.25, 0.3) is 16.7 Å². The summed E-state index contributed by atoms with van der Waals surface area (Å²) in [6.07, 6.45) is 0. The Morgan fingerprint density at radius 3 is 2.64 bits per heavy atom. The van der Waals surface area contributed by atoms with Crippen molar-refractivity contribution in [2.45, 2.75) is 6.92 Å². The molecule has 0 saturated heterocycles. The van der Waals surface area contributed by atoms with E-state index in [1.54, 1.807) is 35.0 Å². The number of benzene rings is 2. The van der Waals surface area contributed by atoms with E-state index in [1.807, 2.05) is 25.1 Å². The molecule has 124 valence electrons. The van der Waals surface area contributed by atoms with Gasteiger partial charge in [-0.05, 0) is 43.3 Å². The molecular formula is C19H14FN3O2. The number of nitrogens with zero attached hydrogens (tertiary/aromatic N) is 2. The number of amides is 1. The number of furan rings is 1. The highest BCUT2D eigenvalue weighted by molar-refractivity contribution is 6.04. The Hall–Kier alpha value is -3.41. The Kier molecular flexibility index (Phi) is 3.57. The Bertz CT molecular complexity index is 1030. The lowest BCUT2D eigenvalue weighted by Crippen LogP contribution is -2.14. The van der Waals surface area contributed by atoms with Crippen LogP contribution in [-0.2, 0) is 0 Å². The Labute approximate surface area is 142 Å². The number of aromatic nitrogens is 2. The Morgan fingerprint density at radius 2 is 1.88 bits per heavy atom. The second-order valence-electron chi connectivity index (χ2n) is 5.66. The minimum Gasteiger partial charge on any atom is -0.451 e. The Balaban J connectivity index is 1.66. The van der Waals surface area contributed by atoms with E-state index in [9.17, 15) is 9.18 Å². The van der Waals surface area contributed by atoms with E-state index in [4.69, 9.17) is 4.42 Å². The molecule has 2 aromatic carbocycles. The summed E-state index contributed by atoms with van der Waals surface area (Å²) in [6, 6.07) is 16.7. The number of fused-ring (bicyclic) bond motifs is 1. The van der Waals surface area contributed by atoms with Crippen LogP contribution in [-0.4, -0.2) is 15.7 Å². The molecule has 0 radical (unpaired) electrons. The summed E-state index contributed by atoms with van der Waals surface area (Å²) in [4.78, 5) is 12.5. The van der Waals surface area contributed by atoms with E-state index in [0.29, 0.717) is 17.1 Å². The van der Waals surface area contributed by atoms with Gasteiger partial charge in [0.05, 0.1) is 11.4 Å². The number of anilines is 1. The lowest BCUT2D eigenvalue weighted by atomic mass is 10.2. The minimum absolute atomic E-state index is 0.214. The van der Waals surface area contributed by atoms with Gasteiger partial charge in [0.1, 0.15) is 17.2 Å². The fourth-order valence-electron chi connectivity index (χ4n) is 2.64. The summed E-state index contributed by atoms with van der Waals surface area (Å²) in [5.41, 5.74) is 2.02. The van der Waals surface area contributed by atoms with Gasteiger partial charge in [-0.2, -0.15) is 5.10 Å². The van der Waals surface area contributed by atoms with Crippen molar-refractivity contribution in [1.29, 1.82) is 0 Å². The first kappa shape index (κ1) is 15.1. The number of aryl methyl sites for hydroxylation is 1. The third kappa shape index (κ3) is 2.89. The predicted octanol–water partition coefficient (Wildman–Crippen LogP) is 4.32. The first-order valence-corrected chi connectivity index (χ1v) is 7.73. The fraction of sp³-hybridized carbons (Fsp3) is 0.0526. The maximum atomic E-state index is 13.1. The van der Waals surface area contributed by atoms with Crippen LogP contribution in [0, 0.1) is 12.7 Å². The molecule has 0 fully saturated rings. The van der Waals surface area contributed by atoms with Gasteiger partial charge >= 0.3 is 0 Å². The quantitative estimate of drug-likeness (QED) is 0.606. The van der Waals surface area contributed by atoms with E-state index in [2.05, 4.69) is 10.4 Å². The molecule has 0 bridgehead atoms. The van der Waals surface area contributed by atoms with Crippen LogP contribution >= 0.6 is 0 Å². The lowest BCUT2D eigenvalue weighted by Gasteiger charge is -2.07. The van der Waals surface area contributed by atoms with Gasteiger partial charge in [-0.15, -0.1) is 0 Å². The summed E-state index contributed by atoms with van der Waals surface area (Å²) in [5, 5.41) is 8.00. The van der Waals surface area contributed by atoms with Crippen molar-refractivity contribution in [2.75, 3.05) is 5.32 Å². The first-order valence-electron chi connectivity index (χ1n) is 7.73. The molecule has 5 nitrogen and oxygen atoms in total. The van der Waals surface area contributed by atoms with Gasteiger partial charge in [0.15, 0.2) is 5.76 Å². The molecule has 2 heterocycles. The topological polar surface area (TPSA) is 60.1 Å². The van der Waals surface area contributed by atoms with E-state index in [-0.39, 0.29) is 17.5 Å². The Morgan fingerprint density at radius 1 is 1.12 bits per heavy atom. The number of halogens is 1. The average Bonchev–Trinajstić information content (AvgIpc) is 3.19. The van der Waals surface area contributed by atoms with E-state index >= 15 is 0 Å². The van der Waals surface area contributed by atoms with E-state index < -0.39 is 0 Å².